The number of nitrogens with zero attached hydrogens (tertiary/aromatic N) is 5. The van der Waals surface area contributed by atoms with Crippen molar-refractivity contribution in [1.82, 2.24) is 24.8 Å². The number of aromatic nitrogens is 4. The molecule has 2 unspecified atom stereocenters. The van der Waals surface area contributed by atoms with Crippen molar-refractivity contribution in [3.63, 3.8) is 0 Å². The fraction of sp³-hybridized carbons (Fsp3) is 0.500. The van der Waals surface area contributed by atoms with Gasteiger partial charge in [-0.1, -0.05) is 23.0 Å². The van der Waals surface area contributed by atoms with Gasteiger partial charge in [-0.15, -0.1) is 10.2 Å². The number of fused-ring (bicyclic) bond motifs is 1. The van der Waals surface area contributed by atoms with Crippen LogP contribution in [0.3, 0.4) is 0 Å². The van der Waals surface area contributed by atoms with Crippen LogP contribution in [0.15, 0.2) is 34.1 Å². The van der Waals surface area contributed by atoms with Gasteiger partial charge in [0.25, 0.3) is 0 Å². The minimum absolute atomic E-state index is 0.308. The van der Waals surface area contributed by atoms with Crippen molar-refractivity contribution in [2.45, 2.75) is 36.5 Å². The Balaban J connectivity index is 1.15. The fourth-order valence-corrected chi connectivity index (χ4v) is 5.70. The Bertz CT molecular complexity index is 1180. The first kappa shape index (κ1) is 22.4. The summed E-state index contributed by atoms with van der Waals surface area (Å²) >= 11 is 1.60. The van der Waals surface area contributed by atoms with Crippen molar-refractivity contribution in [2.75, 3.05) is 25.4 Å². The van der Waals surface area contributed by atoms with Crippen molar-refractivity contribution in [3.8, 4) is 11.6 Å². The summed E-state index contributed by atoms with van der Waals surface area (Å²) in [5.74, 6) is 1.64. The van der Waals surface area contributed by atoms with E-state index in [9.17, 15) is 17.6 Å². The van der Waals surface area contributed by atoms with Crippen LogP contribution >= 0.6 is 11.8 Å². The third kappa shape index (κ3) is 4.05. The van der Waals surface area contributed by atoms with Crippen LogP contribution in [0, 0.1) is 18.7 Å². The molecule has 1 aliphatic carbocycles. The number of hydrogen-bond acceptors (Lipinski definition) is 6. The molecule has 176 valence electrons. The van der Waals surface area contributed by atoms with Crippen molar-refractivity contribution in [1.29, 1.82) is 0 Å². The molecule has 0 N–H and O–H groups in total. The first-order valence-electron chi connectivity index (χ1n) is 10.7. The summed E-state index contributed by atoms with van der Waals surface area (Å²) in [5, 5.41) is 13.0. The third-order valence-electron chi connectivity index (χ3n) is 6.69. The molecule has 1 saturated carbocycles. The lowest BCUT2D eigenvalue weighted by molar-refractivity contribution is -0.137. The molecule has 6 nitrogen and oxygen atoms in total. The van der Waals surface area contributed by atoms with Gasteiger partial charge < -0.3 is 14.0 Å². The molecule has 0 amide bonds. The number of halogens is 4. The van der Waals surface area contributed by atoms with Crippen molar-refractivity contribution >= 4 is 11.8 Å². The first-order chi connectivity index (χ1) is 15.7. The molecule has 0 bridgehead atoms. The predicted molar refractivity (Wildman–Crippen MR) is 114 cm³/mol. The zero-order valence-electron chi connectivity index (χ0n) is 18.2. The van der Waals surface area contributed by atoms with Gasteiger partial charge >= 0.3 is 6.18 Å². The number of piperidine rings is 1. The van der Waals surface area contributed by atoms with Gasteiger partial charge in [-0.25, -0.2) is 4.39 Å². The Morgan fingerprint density at radius 2 is 2.09 bits per heavy atom. The minimum atomic E-state index is -4.53. The summed E-state index contributed by atoms with van der Waals surface area (Å²) in [7, 11) is 1.88. The number of aryl methyl sites for hydroxylation is 1. The van der Waals surface area contributed by atoms with Crippen molar-refractivity contribution in [2.24, 2.45) is 13.0 Å². The molecule has 1 aliphatic heterocycles. The maximum atomic E-state index is 14.5. The number of rotatable bonds is 7. The lowest BCUT2D eigenvalue weighted by Gasteiger charge is -2.21. The molecular weight excluding hydrogens is 458 g/mol. The molecule has 0 radical (unpaired) electrons. The smallest absolute Gasteiger partial charge is 0.353 e. The van der Waals surface area contributed by atoms with E-state index in [4.69, 9.17) is 4.52 Å². The molecular formula is C22H23F4N5OS. The van der Waals surface area contributed by atoms with Gasteiger partial charge in [0.05, 0.1) is 11.8 Å². The van der Waals surface area contributed by atoms with E-state index in [1.165, 1.54) is 6.07 Å². The number of hydrogen-bond donors (Lipinski definition) is 0. The Labute approximate surface area is 192 Å². The van der Waals surface area contributed by atoms with Crippen LogP contribution in [0.25, 0.3) is 11.6 Å². The first-order valence-corrected chi connectivity index (χ1v) is 11.7. The molecule has 1 saturated heterocycles. The Morgan fingerprint density at radius 1 is 1.27 bits per heavy atom. The molecule has 11 heteroatoms. The summed E-state index contributed by atoms with van der Waals surface area (Å²) in [6.45, 7) is 4.28. The van der Waals surface area contributed by atoms with Crippen LogP contribution in [0.4, 0.5) is 17.6 Å². The summed E-state index contributed by atoms with van der Waals surface area (Å²) in [6, 6.07) is 2.96. The van der Waals surface area contributed by atoms with E-state index in [2.05, 4.69) is 20.3 Å². The molecule has 2 aromatic heterocycles. The maximum absolute atomic E-state index is 14.5. The third-order valence-corrected chi connectivity index (χ3v) is 7.79. The summed E-state index contributed by atoms with van der Waals surface area (Å²) in [4.78, 5) is 2.28. The minimum Gasteiger partial charge on any atom is -0.353 e. The second-order valence-corrected chi connectivity index (χ2v) is 9.95. The standard InChI is InChI=1S/C22H23F4N5OS/c1-13-10-27-32-18(13)19-28-29-20(30(19)2)33-7-3-6-31-11-15-9-21(15,12-31)16-5-4-14(8-17(16)23)22(24,25)26/h4-5,8,10,15H,3,6-7,9,11-12H2,1-2H3. The molecule has 2 atom stereocenters. The van der Waals surface area contributed by atoms with E-state index >= 15 is 0 Å². The molecule has 1 aromatic carbocycles. The van der Waals surface area contributed by atoms with Gasteiger partial charge in [0.15, 0.2) is 5.16 Å². The molecule has 3 heterocycles. The Hall–Kier alpha value is -2.40. The fourth-order valence-electron chi connectivity index (χ4n) is 4.87. The van der Waals surface area contributed by atoms with Gasteiger partial charge in [-0.2, -0.15) is 13.2 Å². The van der Waals surface area contributed by atoms with Crippen LogP contribution < -0.4 is 0 Å². The second-order valence-electron chi connectivity index (χ2n) is 8.89. The van der Waals surface area contributed by atoms with E-state index in [0.717, 1.165) is 48.5 Å². The zero-order valence-corrected chi connectivity index (χ0v) is 19.0. The predicted octanol–water partition coefficient (Wildman–Crippen LogP) is 4.69. The quantitative estimate of drug-likeness (QED) is 0.277. The van der Waals surface area contributed by atoms with Crippen LogP contribution in [0.1, 0.15) is 29.5 Å². The van der Waals surface area contributed by atoms with Gasteiger partial charge in [0.1, 0.15) is 5.82 Å². The number of likely N-dealkylation sites (tertiary alicyclic amines) is 1. The van der Waals surface area contributed by atoms with E-state index in [0.29, 0.717) is 35.7 Å². The van der Waals surface area contributed by atoms with E-state index in [1.807, 2.05) is 18.5 Å². The molecule has 2 aliphatic rings. The Morgan fingerprint density at radius 3 is 2.79 bits per heavy atom. The SMILES string of the molecule is Cc1cnoc1-c1nnc(SCCCN2CC3CC3(c3ccc(C(F)(F)F)cc3F)C2)n1C. The largest absolute Gasteiger partial charge is 0.416 e. The summed E-state index contributed by atoms with van der Waals surface area (Å²) in [5.41, 5.74) is 0.0452. The average molecular weight is 482 g/mol. The lowest BCUT2D eigenvalue weighted by atomic mass is 9.93. The van der Waals surface area contributed by atoms with Gasteiger partial charge in [-0.3, -0.25) is 0 Å². The van der Waals surface area contributed by atoms with Crippen LogP contribution in [0.2, 0.25) is 0 Å². The van der Waals surface area contributed by atoms with Crippen molar-refractivity contribution in [3.05, 3.63) is 46.9 Å². The number of thioether (sulfide) groups is 1. The average Bonchev–Trinajstić information content (AvgIpc) is 3.06. The monoisotopic (exact) mass is 481 g/mol. The highest BCUT2D eigenvalue weighted by Crippen LogP contribution is 2.59. The van der Waals surface area contributed by atoms with Gasteiger partial charge in [-0.05, 0) is 49.9 Å². The topological polar surface area (TPSA) is 60.0 Å². The number of alkyl halides is 3. The van der Waals surface area contributed by atoms with Gasteiger partial charge in [0, 0.05) is 36.9 Å². The molecule has 0 spiro atoms. The number of benzene rings is 1. The molecule has 2 fully saturated rings. The van der Waals surface area contributed by atoms with E-state index < -0.39 is 17.6 Å². The molecule has 33 heavy (non-hydrogen) atoms. The normalized spacial score (nSPS) is 22.7. The van der Waals surface area contributed by atoms with Gasteiger partial charge in [0.2, 0.25) is 11.6 Å². The van der Waals surface area contributed by atoms with E-state index in [1.54, 1.807) is 18.0 Å². The van der Waals surface area contributed by atoms with Crippen LogP contribution in [0.5, 0.6) is 0 Å². The summed E-state index contributed by atoms with van der Waals surface area (Å²) in [6.07, 6.45) is -1.15. The highest BCUT2D eigenvalue weighted by molar-refractivity contribution is 7.99. The highest BCUT2D eigenvalue weighted by Gasteiger charge is 2.61. The van der Waals surface area contributed by atoms with Crippen LogP contribution in [-0.2, 0) is 18.6 Å². The summed E-state index contributed by atoms with van der Waals surface area (Å²) < 4.78 is 60.3. The van der Waals surface area contributed by atoms with Crippen LogP contribution in [-0.4, -0.2) is 50.2 Å². The maximum Gasteiger partial charge on any atom is 0.416 e. The lowest BCUT2D eigenvalue weighted by Crippen LogP contribution is -2.28. The zero-order chi connectivity index (χ0) is 23.4. The molecule has 3 aromatic rings. The van der Waals surface area contributed by atoms with Crippen molar-refractivity contribution < 1.29 is 22.1 Å². The Kier molecular flexibility index (Phi) is 5.51. The molecule has 5 rings (SSSR count). The van der Waals surface area contributed by atoms with E-state index in [-0.39, 0.29) is 5.41 Å². The highest BCUT2D eigenvalue weighted by atomic mass is 32.2. The second kappa shape index (κ2) is 8.12.